The highest BCUT2D eigenvalue weighted by molar-refractivity contribution is 5.97. The van der Waals surface area contributed by atoms with Gasteiger partial charge < -0.3 is 10.0 Å². The molecule has 1 fully saturated rings. The lowest BCUT2D eigenvalue weighted by molar-refractivity contribution is 0.0382. The summed E-state index contributed by atoms with van der Waals surface area (Å²) in [5.41, 5.74) is 3.05. The maximum atomic E-state index is 13.0. The minimum Gasteiger partial charge on any atom is -0.391 e. The van der Waals surface area contributed by atoms with Gasteiger partial charge in [0.15, 0.2) is 0 Å². The van der Waals surface area contributed by atoms with Crippen molar-refractivity contribution >= 4 is 16.9 Å². The van der Waals surface area contributed by atoms with E-state index in [1.807, 2.05) is 30.3 Å². The minimum absolute atomic E-state index is 0.0488. The van der Waals surface area contributed by atoms with Gasteiger partial charge in [0.1, 0.15) is 0 Å². The van der Waals surface area contributed by atoms with E-state index in [1.165, 1.54) is 0 Å². The third-order valence-corrected chi connectivity index (χ3v) is 5.62. The molecule has 2 aromatic carbocycles. The fourth-order valence-corrected chi connectivity index (χ4v) is 4.03. The van der Waals surface area contributed by atoms with E-state index in [0.717, 1.165) is 23.0 Å². The summed E-state index contributed by atoms with van der Waals surface area (Å²) in [5.74, 6) is -0.0635. The van der Waals surface area contributed by atoms with Crippen molar-refractivity contribution in [2.24, 2.45) is 14.1 Å². The van der Waals surface area contributed by atoms with Gasteiger partial charge in [-0.25, -0.2) is 4.79 Å². The third kappa shape index (κ3) is 2.96. The summed E-state index contributed by atoms with van der Waals surface area (Å²) in [6, 6.07) is 15.3. The monoisotopic (exact) mass is 365 g/mol. The Balaban J connectivity index is 1.56. The number of aryl methyl sites for hydroxylation is 2. The highest BCUT2D eigenvalue weighted by atomic mass is 16.3. The van der Waals surface area contributed by atoms with Crippen LogP contribution in [0.2, 0.25) is 0 Å². The first-order valence-corrected chi connectivity index (χ1v) is 9.15. The first-order valence-electron chi connectivity index (χ1n) is 9.15. The van der Waals surface area contributed by atoms with Gasteiger partial charge in [0.2, 0.25) is 0 Å². The Kier molecular flexibility index (Phi) is 4.36. The summed E-state index contributed by atoms with van der Waals surface area (Å²) in [6.07, 6.45) is 0.137. The summed E-state index contributed by atoms with van der Waals surface area (Å²) in [5, 5.41) is 10.6. The maximum Gasteiger partial charge on any atom is 0.328 e. The topological polar surface area (TPSA) is 67.5 Å². The van der Waals surface area contributed by atoms with E-state index in [-0.39, 0.29) is 17.5 Å². The van der Waals surface area contributed by atoms with Crippen molar-refractivity contribution in [2.45, 2.75) is 18.4 Å². The van der Waals surface area contributed by atoms with Gasteiger partial charge in [-0.2, -0.15) is 0 Å². The first-order chi connectivity index (χ1) is 13.0. The summed E-state index contributed by atoms with van der Waals surface area (Å²) in [6.45, 7) is 0.908. The number of likely N-dealkylation sites (tertiary alicyclic amines) is 1. The number of aromatic nitrogens is 2. The van der Waals surface area contributed by atoms with Crippen molar-refractivity contribution < 1.29 is 9.90 Å². The van der Waals surface area contributed by atoms with Gasteiger partial charge in [-0.15, -0.1) is 0 Å². The lowest BCUT2D eigenvalue weighted by atomic mass is 9.87. The van der Waals surface area contributed by atoms with Crippen LogP contribution in [0.1, 0.15) is 28.3 Å². The SMILES string of the molecule is Cn1c(=O)n(C)c2cc(C(=O)N3CC[C@@H](c4ccccc4)[C@H](O)C3)ccc21. The zero-order chi connectivity index (χ0) is 19.1. The van der Waals surface area contributed by atoms with Gasteiger partial charge in [-0.3, -0.25) is 13.9 Å². The number of hydrogen-bond donors (Lipinski definition) is 1. The molecule has 3 aromatic rings. The number of amides is 1. The number of rotatable bonds is 2. The molecule has 4 rings (SSSR count). The predicted octanol–water partition coefficient (Wildman–Crippen LogP) is 1.87. The molecule has 6 nitrogen and oxygen atoms in total. The summed E-state index contributed by atoms with van der Waals surface area (Å²) >= 11 is 0. The molecule has 0 aliphatic carbocycles. The molecule has 0 bridgehead atoms. The Morgan fingerprint density at radius 3 is 2.44 bits per heavy atom. The molecule has 2 heterocycles. The Bertz CT molecular complexity index is 1050. The van der Waals surface area contributed by atoms with Crippen molar-refractivity contribution in [2.75, 3.05) is 13.1 Å². The molecule has 0 saturated carbocycles. The number of fused-ring (bicyclic) bond motifs is 1. The van der Waals surface area contributed by atoms with Gasteiger partial charge in [0, 0.05) is 38.7 Å². The number of aliphatic hydroxyl groups is 1. The smallest absolute Gasteiger partial charge is 0.328 e. The average Bonchev–Trinajstić information content (AvgIpc) is 2.92. The first kappa shape index (κ1) is 17.5. The van der Waals surface area contributed by atoms with Gasteiger partial charge in [-0.05, 0) is 30.2 Å². The van der Waals surface area contributed by atoms with Gasteiger partial charge in [-0.1, -0.05) is 30.3 Å². The molecule has 1 aromatic heterocycles. The molecule has 27 heavy (non-hydrogen) atoms. The molecule has 6 heteroatoms. The molecule has 1 amide bonds. The number of carbonyl (C=O) groups excluding carboxylic acids is 1. The van der Waals surface area contributed by atoms with E-state index in [4.69, 9.17) is 0 Å². The Hall–Kier alpha value is -2.86. The van der Waals surface area contributed by atoms with E-state index in [0.29, 0.717) is 18.7 Å². The average molecular weight is 365 g/mol. The van der Waals surface area contributed by atoms with Crippen LogP contribution in [0.3, 0.4) is 0 Å². The standard InChI is InChI=1S/C21H23N3O3/c1-22-17-9-8-15(12-18(17)23(2)21(22)27)20(26)24-11-10-16(19(25)13-24)14-6-4-3-5-7-14/h3-9,12,16,19,25H,10-11,13H2,1-2H3/t16-,19+/m0/s1. The van der Waals surface area contributed by atoms with E-state index in [2.05, 4.69) is 0 Å². The summed E-state index contributed by atoms with van der Waals surface area (Å²) < 4.78 is 3.11. The van der Waals surface area contributed by atoms with E-state index < -0.39 is 6.10 Å². The third-order valence-electron chi connectivity index (χ3n) is 5.62. The second kappa shape index (κ2) is 6.70. The number of benzene rings is 2. The van der Waals surface area contributed by atoms with Gasteiger partial charge >= 0.3 is 5.69 Å². The van der Waals surface area contributed by atoms with Crippen LogP contribution in [0.25, 0.3) is 11.0 Å². The van der Waals surface area contributed by atoms with Crippen molar-refractivity contribution in [1.82, 2.24) is 14.0 Å². The lowest BCUT2D eigenvalue weighted by Gasteiger charge is -2.36. The van der Waals surface area contributed by atoms with Crippen molar-refractivity contribution in [3.8, 4) is 0 Å². The molecule has 0 unspecified atom stereocenters. The van der Waals surface area contributed by atoms with E-state index in [9.17, 15) is 14.7 Å². The number of piperidine rings is 1. The van der Waals surface area contributed by atoms with Crippen LogP contribution < -0.4 is 5.69 Å². The largest absolute Gasteiger partial charge is 0.391 e. The predicted molar refractivity (Wildman–Crippen MR) is 104 cm³/mol. The van der Waals surface area contributed by atoms with Crippen molar-refractivity contribution in [1.29, 1.82) is 0 Å². The quantitative estimate of drug-likeness (QED) is 0.754. The lowest BCUT2D eigenvalue weighted by Crippen LogP contribution is -2.45. The molecule has 1 N–H and O–H groups in total. The van der Waals surface area contributed by atoms with Crippen LogP contribution in [0, 0.1) is 0 Å². The second-order valence-electron chi connectivity index (χ2n) is 7.23. The maximum absolute atomic E-state index is 13.0. The van der Waals surface area contributed by atoms with E-state index in [1.54, 1.807) is 46.3 Å². The summed E-state index contributed by atoms with van der Waals surface area (Å²) in [7, 11) is 3.42. The zero-order valence-electron chi connectivity index (χ0n) is 15.5. The number of hydrogen-bond acceptors (Lipinski definition) is 3. The number of nitrogens with zero attached hydrogens (tertiary/aromatic N) is 3. The van der Waals surface area contributed by atoms with Crippen LogP contribution in [0.15, 0.2) is 53.3 Å². The normalized spacial score (nSPS) is 20.2. The minimum atomic E-state index is -0.588. The van der Waals surface area contributed by atoms with Crippen LogP contribution in [-0.2, 0) is 14.1 Å². The van der Waals surface area contributed by atoms with E-state index >= 15 is 0 Å². The molecule has 1 aliphatic rings. The van der Waals surface area contributed by atoms with Gasteiger partial charge in [0.25, 0.3) is 5.91 Å². The Morgan fingerprint density at radius 1 is 1.04 bits per heavy atom. The highest BCUT2D eigenvalue weighted by Crippen LogP contribution is 2.29. The molecular weight excluding hydrogens is 342 g/mol. The number of β-amino-alcohol motifs (C(OH)–C–C–N with tert-alkyl or cyclic N) is 1. The van der Waals surface area contributed by atoms with Crippen LogP contribution in [0.4, 0.5) is 0 Å². The van der Waals surface area contributed by atoms with Gasteiger partial charge in [0.05, 0.1) is 17.1 Å². The molecule has 1 aliphatic heterocycles. The molecule has 0 spiro atoms. The van der Waals surface area contributed by atoms with Crippen LogP contribution in [-0.4, -0.2) is 44.2 Å². The number of carbonyl (C=O) groups is 1. The Morgan fingerprint density at radius 2 is 1.74 bits per heavy atom. The molecule has 2 atom stereocenters. The number of aliphatic hydroxyl groups excluding tert-OH is 1. The molecular formula is C21H23N3O3. The number of imidazole rings is 1. The Labute approximate surface area is 157 Å². The fourth-order valence-electron chi connectivity index (χ4n) is 4.03. The fraction of sp³-hybridized carbons (Fsp3) is 0.333. The van der Waals surface area contributed by atoms with Crippen LogP contribution in [0.5, 0.6) is 0 Å². The second-order valence-corrected chi connectivity index (χ2v) is 7.23. The zero-order valence-corrected chi connectivity index (χ0v) is 15.5. The van der Waals surface area contributed by atoms with Crippen molar-refractivity contribution in [3.05, 3.63) is 70.1 Å². The molecule has 140 valence electrons. The molecule has 0 radical (unpaired) electrons. The highest BCUT2D eigenvalue weighted by Gasteiger charge is 2.31. The molecule has 1 saturated heterocycles. The van der Waals surface area contributed by atoms with Crippen molar-refractivity contribution in [3.63, 3.8) is 0 Å². The summed E-state index contributed by atoms with van der Waals surface area (Å²) in [4.78, 5) is 26.7. The van der Waals surface area contributed by atoms with Crippen LogP contribution >= 0.6 is 0 Å².